The zero-order valence-corrected chi connectivity index (χ0v) is 7.12. The minimum Gasteiger partial charge on any atom is -0.313 e. The van der Waals surface area contributed by atoms with Crippen molar-refractivity contribution in [3.63, 3.8) is 0 Å². The van der Waals surface area contributed by atoms with Crippen molar-refractivity contribution in [2.24, 2.45) is 0 Å². The first-order valence-electron chi connectivity index (χ1n) is 2.81. The maximum atomic E-state index is 10.5. The van der Waals surface area contributed by atoms with Crippen molar-refractivity contribution in [2.45, 2.75) is 13.8 Å². The molecule has 0 amide bonds. The molecule has 0 spiro atoms. The lowest BCUT2D eigenvalue weighted by atomic mass is 10.5. The van der Waals surface area contributed by atoms with Gasteiger partial charge in [0, 0.05) is 5.70 Å². The molecular formula is C5H12N2O2S. The van der Waals surface area contributed by atoms with Gasteiger partial charge in [0.05, 0.1) is 6.26 Å². The lowest BCUT2D eigenvalue weighted by Crippen LogP contribution is -2.34. The molecule has 0 atom stereocenters. The van der Waals surface area contributed by atoms with Crippen molar-refractivity contribution >= 4 is 10.0 Å². The van der Waals surface area contributed by atoms with Gasteiger partial charge in [0.25, 0.3) is 0 Å². The van der Waals surface area contributed by atoms with E-state index in [0.717, 1.165) is 12.0 Å². The van der Waals surface area contributed by atoms with E-state index in [1.807, 2.05) is 6.92 Å². The van der Waals surface area contributed by atoms with E-state index < -0.39 is 10.0 Å². The molecule has 0 aromatic carbocycles. The topological polar surface area (TPSA) is 58.2 Å². The fraction of sp³-hybridized carbons (Fsp3) is 0.600. The third-order valence-electron chi connectivity index (χ3n) is 0.867. The first kappa shape index (κ1) is 9.45. The SMILES string of the molecule is CC=C(C)NNS(C)(=O)=O. The Morgan fingerprint density at radius 2 is 2.00 bits per heavy atom. The van der Waals surface area contributed by atoms with E-state index in [4.69, 9.17) is 0 Å². The number of hydrogen-bond donors (Lipinski definition) is 2. The number of allylic oxidation sites excluding steroid dienone is 2. The molecule has 0 heterocycles. The summed E-state index contributed by atoms with van der Waals surface area (Å²) in [6.45, 7) is 3.57. The molecule has 0 aromatic rings. The number of sulfonamides is 1. The second-order valence-electron chi connectivity index (χ2n) is 1.97. The lowest BCUT2D eigenvalue weighted by molar-refractivity contribution is 0.577. The molecule has 0 saturated heterocycles. The van der Waals surface area contributed by atoms with Crippen molar-refractivity contribution in [2.75, 3.05) is 6.26 Å². The highest BCUT2D eigenvalue weighted by atomic mass is 32.2. The highest BCUT2D eigenvalue weighted by Crippen LogP contribution is 1.81. The van der Waals surface area contributed by atoms with Crippen LogP contribution in [0.2, 0.25) is 0 Å². The van der Waals surface area contributed by atoms with E-state index in [-0.39, 0.29) is 0 Å². The smallest absolute Gasteiger partial charge is 0.225 e. The van der Waals surface area contributed by atoms with E-state index in [0.29, 0.717) is 0 Å². The van der Waals surface area contributed by atoms with Crippen molar-refractivity contribution in [3.8, 4) is 0 Å². The van der Waals surface area contributed by atoms with Crippen LogP contribution in [0.1, 0.15) is 13.8 Å². The number of hydrazine groups is 1. The molecule has 0 fully saturated rings. The normalized spacial score (nSPS) is 13.3. The molecule has 0 aliphatic heterocycles. The predicted octanol–water partition coefficient (Wildman–Crippen LogP) is -0.0361. The van der Waals surface area contributed by atoms with Crippen LogP contribution in [0.4, 0.5) is 0 Å². The summed E-state index contributed by atoms with van der Waals surface area (Å²) in [5.74, 6) is 0. The third kappa shape index (κ3) is 5.58. The van der Waals surface area contributed by atoms with Gasteiger partial charge in [-0.15, -0.1) is 4.83 Å². The number of hydrogen-bond acceptors (Lipinski definition) is 3. The van der Waals surface area contributed by atoms with Gasteiger partial charge in [-0.2, -0.15) is 0 Å². The van der Waals surface area contributed by atoms with Gasteiger partial charge < -0.3 is 5.43 Å². The Bertz CT molecular complexity index is 218. The van der Waals surface area contributed by atoms with Gasteiger partial charge in [0.15, 0.2) is 0 Å². The van der Waals surface area contributed by atoms with Gasteiger partial charge in [-0.3, -0.25) is 0 Å². The van der Waals surface area contributed by atoms with Crippen LogP contribution in [0.5, 0.6) is 0 Å². The summed E-state index contributed by atoms with van der Waals surface area (Å²) in [5, 5.41) is 0. The fourth-order valence-electron chi connectivity index (χ4n) is 0.245. The van der Waals surface area contributed by atoms with Crippen molar-refractivity contribution < 1.29 is 8.42 Å². The Balaban J connectivity index is 3.79. The Labute approximate surface area is 61.3 Å². The first-order chi connectivity index (χ1) is 4.45. The van der Waals surface area contributed by atoms with Gasteiger partial charge in [0.2, 0.25) is 10.0 Å². The van der Waals surface area contributed by atoms with Crippen LogP contribution in [0.3, 0.4) is 0 Å². The second kappa shape index (κ2) is 3.58. The zero-order chi connectivity index (χ0) is 8.20. The van der Waals surface area contributed by atoms with Crippen molar-refractivity contribution in [1.29, 1.82) is 0 Å². The van der Waals surface area contributed by atoms with Crippen molar-refractivity contribution in [1.82, 2.24) is 10.3 Å². The summed E-state index contributed by atoms with van der Waals surface area (Å²) in [4.78, 5) is 2.13. The molecule has 4 nitrogen and oxygen atoms in total. The molecule has 10 heavy (non-hydrogen) atoms. The van der Waals surface area contributed by atoms with Crippen LogP contribution in [-0.2, 0) is 10.0 Å². The Kier molecular flexibility index (Phi) is 3.38. The van der Waals surface area contributed by atoms with Crippen molar-refractivity contribution in [3.05, 3.63) is 11.8 Å². The van der Waals surface area contributed by atoms with Crippen LogP contribution in [0.25, 0.3) is 0 Å². The highest BCUT2D eigenvalue weighted by molar-refractivity contribution is 7.88. The molecule has 0 aliphatic carbocycles. The minimum absolute atomic E-state index is 0.769. The average molecular weight is 164 g/mol. The molecule has 0 aromatic heterocycles. The van der Waals surface area contributed by atoms with Gasteiger partial charge in [-0.05, 0) is 13.8 Å². The molecule has 0 bridgehead atoms. The maximum Gasteiger partial charge on any atom is 0.225 e. The van der Waals surface area contributed by atoms with E-state index in [9.17, 15) is 8.42 Å². The van der Waals surface area contributed by atoms with Gasteiger partial charge in [-0.25, -0.2) is 8.42 Å². The fourth-order valence-corrected chi connectivity index (χ4v) is 0.592. The summed E-state index contributed by atoms with van der Waals surface area (Å²) < 4.78 is 20.9. The molecule has 2 N–H and O–H groups in total. The third-order valence-corrected chi connectivity index (χ3v) is 1.34. The Morgan fingerprint density at radius 1 is 1.50 bits per heavy atom. The van der Waals surface area contributed by atoms with Crippen LogP contribution < -0.4 is 10.3 Å². The van der Waals surface area contributed by atoms with E-state index in [1.165, 1.54) is 0 Å². The van der Waals surface area contributed by atoms with E-state index in [2.05, 4.69) is 10.3 Å². The number of nitrogens with one attached hydrogen (secondary N) is 2. The molecule has 0 saturated carbocycles. The summed E-state index contributed by atoms with van der Waals surface area (Å²) in [5.41, 5.74) is 3.26. The Morgan fingerprint density at radius 3 is 2.30 bits per heavy atom. The molecular weight excluding hydrogens is 152 g/mol. The van der Waals surface area contributed by atoms with Crippen LogP contribution in [0.15, 0.2) is 11.8 Å². The molecule has 60 valence electrons. The largest absolute Gasteiger partial charge is 0.313 e. The number of rotatable bonds is 3. The van der Waals surface area contributed by atoms with E-state index >= 15 is 0 Å². The van der Waals surface area contributed by atoms with Crippen LogP contribution in [0, 0.1) is 0 Å². The molecule has 0 aliphatic rings. The average Bonchev–Trinajstić information content (AvgIpc) is 1.81. The lowest BCUT2D eigenvalue weighted by Gasteiger charge is -2.04. The van der Waals surface area contributed by atoms with Gasteiger partial charge >= 0.3 is 0 Å². The predicted molar refractivity (Wildman–Crippen MR) is 40.5 cm³/mol. The summed E-state index contributed by atoms with van der Waals surface area (Å²) >= 11 is 0. The van der Waals surface area contributed by atoms with Gasteiger partial charge in [0.1, 0.15) is 0 Å². The molecule has 0 radical (unpaired) electrons. The first-order valence-corrected chi connectivity index (χ1v) is 4.70. The maximum absolute atomic E-state index is 10.5. The standard InChI is InChI=1S/C5H12N2O2S/c1-4-5(2)6-7-10(3,8)9/h4,6-7H,1-3H3. The highest BCUT2D eigenvalue weighted by Gasteiger charge is 1.96. The monoisotopic (exact) mass is 164 g/mol. The molecule has 0 unspecified atom stereocenters. The summed E-state index contributed by atoms with van der Waals surface area (Å²) in [6.07, 6.45) is 2.85. The minimum atomic E-state index is -3.13. The Hall–Kier alpha value is -0.550. The van der Waals surface area contributed by atoms with E-state index in [1.54, 1.807) is 13.0 Å². The summed E-state index contributed by atoms with van der Waals surface area (Å²) in [7, 11) is -3.13. The zero-order valence-electron chi connectivity index (χ0n) is 6.30. The van der Waals surface area contributed by atoms with Crippen LogP contribution >= 0.6 is 0 Å². The van der Waals surface area contributed by atoms with Crippen LogP contribution in [-0.4, -0.2) is 14.7 Å². The second-order valence-corrected chi connectivity index (χ2v) is 3.72. The molecule has 5 heteroatoms. The summed E-state index contributed by atoms with van der Waals surface area (Å²) in [6, 6.07) is 0. The molecule has 0 rings (SSSR count). The quantitative estimate of drug-likeness (QED) is 0.576. The van der Waals surface area contributed by atoms with Gasteiger partial charge in [-0.1, -0.05) is 6.08 Å².